The van der Waals surface area contributed by atoms with Gasteiger partial charge in [-0.25, -0.2) is 0 Å². The number of rotatable bonds is 5. The molecule has 0 heterocycles. The largest absolute Gasteiger partial charge is 0.381 e. The van der Waals surface area contributed by atoms with Gasteiger partial charge in [0.1, 0.15) is 0 Å². The number of carbonyl (C=O) groups excluding carboxylic acids is 1. The highest BCUT2D eigenvalue weighted by Gasteiger charge is 2.22. The summed E-state index contributed by atoms with van der Waals surface area (Å²) < 4.78 is 0. The van der Waals surface area contributed by atoms with Gasteiger partial charge in [0.25, 0.3) is 0 Å². The molecule has 0 bridgehead atoms. The number of halogens is 3. The summed E-state index contributed by atoms with van der Waals surface area (Å²) in [6.07, 6.45) is 2.95. The van der Waals surface area contributed by atoms with Crippen LogP contribution in [0, 0.1) is 0 Å². The number of hydrogen-bond acceptors (Lipinski definition) is 3. The van der Waals surface area contributed by atoms with Gasteiger partial charge >= 0.3 is 0 Å². The lowest BCUT2D eigenvalue weighted by Gasteiger charge is -2.15. The number of anilines is 2. The Morgan fingerprint density at radius 3 is 2.60 bits per heavy atom. The summed E-state index contributed by atoms with van der Waals surface area (Å²) in [7, 11) is 0. The lowest BCUT2D eigenvalue weighted by Crippen LogP contribution is -2.35. The second kappa shape index (κ2) is 8.57. The van der Waals surface area contributed by atoms with E-state index in [0.29, 0.717) is 23.2 Å². The first kappa shape index (κ1) is 19.3. The predicted molar refractivity (Wildman–Crippen MR) is 89.5 cm³/mol. The average molecular weight is 341 g/mol. The Hall–Kier alpha value is -0.680. The van der Waals surface area contributed by atoms with Crippen molar-refractivity contribution in [3.05, 3.63) is 23.2 Å². The highest BCUT2D eigenvalue weighted by Crippen LogP contribution is 2.31. The summed E-state index contributed by atoms with van der Waals surface area (Å²) in [5, 5.41) is 6.78. The fraction of sp³-hybridized carbons (Fsp3) is 0.462. The molecule has 0 radical (unpaired) electrons. The van der Waals surface area contributed by atoms with Crippen molar-refractivity contribution in [2.24, 2.45) is 5.73 Å². The fourth-order valence-electron chi connectivity index (χ4n) is 1.60. The van der Waals surface area contributed by atoms with Crippen LogP contribution in [0.1, 0.15) is 26.2 Å². The third kappa shape index (κ3) is 5.37. The lowest BCUT2D eigenvalue weighted by molar-refractivity contribution is -0.117. The Morgan fingerprint density at radius 2 is 2.05 bits per heavy atom. The van der Waals surface area contributed by atoms with Crippen molar-refractivity contribution in [2.75, 3.05) is 10.6 Å². The quantitative estimate of drug-likeness (QED) is 0.769. The van der Waals surface area contributed by atoms with Gasteiger partial charge in [-0.05, 0) is 37.5 Å². The first-order valence-corrected chi connectivity index (χ1v) is 6.60. The number of hydrogen-bond donors (Lipinski definition) is 3. The zero-order valence-corrected chi connectivity index (χ0v) is 13.6. The molecule has 1 fully saturated rings. The van der Waals surface area contributed by atoms with Crippen LogP contribution < -0.4 is 16.4 Å². The van der Waals surface area contributed by atoms with Gasteiger partial charge in [0, 0.05) is 11.1 Å². The molecule has 114 valence electrons. The van der Waals surface area contributed by atoms with E-state index in [0.717, 1.165) is 5.69 Å². The molecule has 0 unspecified atom stereocenters. The van der Waals surface area contributed by atoms with E-state index < -0.39 is 6.04 Å². The van der Waals surface area contributed by atoms with Crippen molar-refractivity contribution in [1.82, 2.24) is 0 Å². The van der Waals surface area contributed by atoms with Gasteiger partial charge in [0.05, 0.1) is 17.4 Å². The second-order valence-corrected chi connectivity index (χ2v) is 5.05. The van der Waals surface area contributed by atoms with Crippen LogP contribution in [0.25, 0.3) is 0 Å². The van der Waals surface area contributed by atoms with Gasteiger partial charge in [-0.3, -0.25) is 4.79 Å². The molecule has 0 spiro atoms. The third-order valence-electron chi connectivity index (χ3n) is 2.95. The molecule has 0 saturated heterocycles. The van der Waals surface area contributed by atoms with Gasteiger partial charge < -0.3 is 16.4 Å². The monoisotopic (exact) mass is 339 g/mol. The van der Waals surface area contributed by atoms with Gasteiger partial charge in [-0.15, -0.1) is 24.8 Å². The van der Waals surface area contributed by atoms with Gasteiger partial charge in [-0.1, -0.05) is 18.5 Å². The Kier molecular flexibility index (Phi) is 8.28. The number of nitrogens with two attached hydrogens (primary N) is 1. The van der Waals surface area contributed by atoms with Crippen molar-refractivity contribution in [3.63, 3.8) is 0 Å². The maximum Gasteiger partial charge on any atom is 0.241 e. The molecule has 1 aliphatic carbocycles. The minimum atomic E-state index is -0.488. The van der Waals surface area contributed by atoms with Crippen LogP contribution in [0.3, 0.4) is 0 Å². The van der Waals surface area contributed by atoms with Crippen molar-refractivity contribution in [2.45, 2.75) is 38.3 Å². The Balaban J connectivity index is 0.00000180. The number of carbonyl (C=O) groups is 1. The topological polar surface area (TPSA) is 67.2 Å². The van der Waals surface area contributed by atoms with E-state index >= 15 is 0 Å². The van der Waals surface area contributed by atoms with E-state index in [1.165, 1.54) is 12.8 Å². The summed E-state index contributed by atoms with van der Waals surface area (Å²) in [5.74, 6) is -0.182. The molecule has 4 nitrogen and oxygen atoms in total. The molecule has 1 aromatic carbocycles. The summed E-state index contributed by atoms with van der Waals surface area (Å²) >= 11 is 5.96. The minimum absolute atomic E-state index is 0. The molecular formula is C13H20Cl3N3O. The molecule has 1 aromatic rings. The van der Waals surface area contributed by atoms with Crippen LogP contribution in [0.5, 0.6) is 0 Å². The first-order valence-electron chi connectivity index (χ1n) is 6.22. The second-order valence-electron chi connectivity index (χ2n) is 4.61. The summed E-state index contributed by atoms with van der Waals surface area (Å²) in [5.41, 5.74) is 7.30. The van der Waals surface area contributed by atoms with E-state index in [9.17, 15) is 4.79 Å². The Bertz CT molecular complexity index is 452. The first-order chi connectivity index (χ1) is 8.60. The smallest absolute Gasteiger partial charge is 0.241 e. The molecule has 20 heavy (non-hydrogen) atoms. The van der Waals surface area contributed by atoms with Gasteiger partial charge in [0.2, 0.25) is 5.91 Å². The van der Waals surface area contributed by atoms with Crippen LogP contribution in [0.2, 0.25) is 5.02 Å². The SMILES string of the molecule is CC[C@H](N)C(=O)Nc1cc(Cl)ccc1NC1CC1.Cl.Cl. The van der Waals surface area contributed by atoms with Crippen LogP contribution in [-0.2, 0) is 4.79 Å². The zero-order valence-electron chi connectivity index (χ0n) is 11.2. The van der Waals surface area contributed by atoms with E-state index in [1.54, 1.807) is 6.07 Å². The molecule has 2 rings (SSSR count). The summed E-state index contributed by atoms with van der Waals surface area (Å²) in [6.45, 7) is 1.88. The van der Waals surface area contributed by atoms with Crippen LogP contribution in [0.15, 0.2) is 18.2 Å². The van der Waals surface area contributed by atoms with Crippen molar-refractivity contribution < 1.29 is 4.79 Å². The highest BCUT2D eigenvalue weighted by atomic mass is 35.5. The van der Waals surface area contributed by atoms with Crippen molar-refractivity contribution in [3.8, 4) is 0 Å². The number of amides is 1. The standard InChI is InChI=1S/C13H18ClN3O.2ClH/c1-2-10(15)13(18)17-12-7-8(14)3-6-11(12)16-9-4-5-9;;/h3,6-7,9-10,16H,2,4-5,15H2,1H3,(H,17,18);2*1H/t10-;;/m0../s1. The lowest BCUT2D eigenvalue weighted by atomic mass is 10.2. The Morgan fingerprint density at radius 1 is 1.40 bits per heavy atom. The molecule has 7 heteroatoms. The van der Waals surface area contributed by atoms with Gasteiger partial charge in [-0.2, -0.15) is 0 Å². The highest BCUT2D eigenvalue weighted by molar-refractivity contribution is 6.31. The third-order valence-corrected chi connectivity index (χ3v) is 3.19. The molecule has 4 N–H and O–H groups in total. The van der Waals surface area contributed by atoms with Crippen LogP contribution >= 0.6 is 36.4 Å². The minimum Gasteiger partial charge on any atom is -0.381 e. The summed E-state index contributed by atoms with van der Waals surface area (Å²) in [4.78, 5) is 11.8. The molecule has 0 aliphatic heterocycles. The number of nitrogens with one attached hydrogen (secondary N) is 2. The molecule has 1 amide bonds. The molecular weight excluding hydrogens is 321 g/mol. The molecule has 1 atom stereocenters. The van der Waals surface area contributed by atoms with E-state index in [2.05, 4.69) is 10.6 Å². The molecule has 0 aromatic heterocycles. The van der Waals surface area contributed by atoms with E-state index in [-0.39, 0.29) is 30.7 Å². The maximum atomic E-state index is 11.8. The van der Waals surface area contributed by atoms with Crippen molar-refractivity contribution >= 4 is 53.7 Å². The fourth-order valence-corrected chi connectivity index (χ4v) is 1.78. The Labute approximate surface area is 136 Å². The normalized spacial score (nSPS) is 14.6. The zero-order chi connectivity index (χ0) is 13.1. The predicted octanol–water partition coefficient (Wildman–Crippen LogP) is 3.43. The number of benzene rings is 1. The molecule has 1 aliphatic rings. The van der Waals surface area contributed by atoms with Crippen molar-refractivity contribution in [1.29, 1.82) is 0 Å². The average Bonchev–Trinajstić information content (AvgIpc) is 3.15. The van der Waals surface area contributed by atoms with Gasteiger partial charge in [0.15, 0.2) is 0 Å². The van der Waals surface area contributed by atoms with Crippen LogP contribution in [-0.4, -0.2) is 18.0 Å². The van der Waals surface area contributed by atoms with E-state index in [4.69, 9.17) is 17.3 Å². The summed E-state index contributed by atoms with van der Waals surface area (Å²) in [6, 6.07) is 5.46. The van der Waals surface area contributed by atoms with E-state index in [1.807, 2.05) is 19.1 Å². The maximum absolute atomic E-state index is 11.8. The molecule has 1 saturated carbocycles. The van der Waals surface area contributed by atoms with Crippen LogP contribution in [0.4, 0.5) is 11.4 Å².